The number of amides is 2. The molecule has 2 aromatic rings. The topological polar surface area (TPSA) is 67.4 Å². The lowest BCUT2D eigenvalue weighted by atomic mass is 9.96. The fourth-order valence-electron chi connectivity index (χ4n) is 2.94. The molecule has 0 radical (unpaired) electrons. The van der Waals surface area contributed by atoms with Crippen LogP contribution in [0.15, 0.2) is 29.6 Å². The fraction of sp³-hybridized carbons (Fsp3) is 0.333. The molecule has 0 bridgehead atoms. The first-order valence-electron chi connectivity index (χ1n) is 7.99. The molecule has 2 N–H and O–H groups in total. The summed E-state index contributed by atoms with van der Waals surface area (Å²) in [7, 11) is 1.57. The molecule has 1 aromatic heterocycles. The second kappa shape index (κ2) is 7.49. The number of aryl methyl sites for hydroxylation is 1. The molecule has 0 fully saturated rings. The minimum Gasteiger partial charge on any atom is -0.496 e. The van der Waals surface area contributed by atoms with Gasteiger partial charge in [0.2, 0.25) is 5.91 Å². The molecule has 0 atom stereocenters. The molecule has 0 aliphatic heterocycles. The van der Waals surface area contributed by atoms with E-state index in [0.717, 1.165) is 30.4 Å². The lowest BCUT2D eigenvalue weighted by Gasteiger charge is -2.13. The summed E-state index contributed by atoms with van der Waals surface area (Å²) >= 11 is 1.63. The minimum absolute atomic E-state index is 0.145. The van der Waals surface area contributed by atoms with Crippen LogP contribution in [0.4, 0.5) is 0 Å². The van der Waals surface area contributed by atoms with Crippen molar-refractivity contribution in [2.24, 2.45) is 0 Å². The van der Waals surface area contributed by atoms with E-state index in [1.165, 1.54) is 11.3 Å². The van der Waals surface area contributed by atoms with Gasteiger partial charge in [-0.25, -0.2) is 0 Å². The predicted molar refractivity (Wildman–Crippen MR) is 93.3 cm³/mol. The molecule has 3 rings (SSSR count). The Kier molecular flexibility index (Phi) is 5.15. The summed E-state index contributed by atoms with van der Waals surface area (Å²) in [6.07, 6.45) is 4.44. The van der Waals surface area contributed by atoms with Gasteiger partial charge >= 0.3 is 0 Å². The van der Waals surface area contributed by atoms with Crippen LogP contribution in [-0.2, 0) is 24.1 Å². The Balaban J connectivity index is 1.58. The summed E-state index contributed by atoms with van der Waals surface area (Å²) in [5, 5.41) is 1.89. The lowest BCUT2D eigenvalue weighted by Crippen LogP contribution is -2.42. The second-order valence-corrected chi connectivity index (χ2v) is 6.71. The molecule has 1 aliphatic carbocycles. The number of thiophene rings is 1. The molecular weight excluding hydrogens is 324 g/mol. The lowest BCUT2D eigenvalue weighted by molar-refractivity contribution is -0.121. The molecule has 1 heterocycles. The van der Waals surface area contributed by atoms with E-state index < -0.39 is 0 Å². The maximum absolute atomic E-state index is 12.3. The van der Waals surface area contributed by atoms with E-state index in [1.54, 1.807) is 24.5 Å². The molecule has 0 unspecified atom stereocenters. The standard InChI is InChI=1S/C18H20N2O3S/c1-23-15-8-4-2-6-12(15)10-17(21)19-20-18(22)14-11-24-16-9-5-3-7-13(14)16/h2,4,6,8,11H,3,5,7,9-10H2,1H3,(H,19,21)(H,20,22). The second-order valence-electron chi connectivity index (χ2n) is 5.75. The van der Waals surface area contributed by atoms with Crippen molar-refractivity contribution in [3.63, 3.8) is 0 Å². The van der Waals surface area contributed by atoms with Gasteiger partial charge in [-0.1, -0.05) is 18.2 Å². The van der Waals surface area contributed by atoms with Crippen LogP contribution < -0.4 is 15.6 Å². The Morgan fingerprint density at radius 1 is 1.17 bits per heavy atom. The van der Waals surface area contributed by atoms with Gasteiger partial charge in [0.05, 0.1) is 19.1 Å². The summed E-state index contributed by atoms with van der Waals surface area (Å²) in [6.45, 7) is 0. The molecule has 1 aliphatic rings. The monoisotopic (exact) mass is 344 g/mol. The van der Waals surface area contributed by atoms with E-state index in [0.29, 0.717) is 11.3 Å². The highest BCUT2D eigenvalue weighted by Crippen LogP contribution is 2.30. The maximum atomic E-state index is 12.3. The van der Waals surface area contributed by atoms with Crippen LogP contribution in [0, 0.1) is 0 Å². The molecule has 24 heavy (non-hydrogen) atoms. The maximum Gasteiger partial charge on any atom is 0.270 e. The van der Waals surface area contributed by atoms with Crippen LogP contribution in [0.25, 0.3) is 0 Å². The van der Waals surface area contributed by atoms with Crippen molar-refractivity contribution in [2.45, 2.75) is 32.1 Å². The van der Waals surface area contributed by atoms with Crippen molar-refractivity contribution >= 4 is 23.2 Å². The van der Waals surface area contributed by atoms with Crippen LogP contribution in [0.1, 0.15) is 39.2 Å². The van der Waals surface area contributed by atoms with Crippen molar-refractivity contribution in [1.82, 2.24) is 10.9 Å². The summed E-state index contributed by atoms with van der Waals surface area (Å²) in [6, 6.07) is 7.33. The highest BCUT2D eigenvalue weighted by atomic mass is 32.1. The number of benzene rings is 1. The van der Waals surface area contributed by atoms with Gasteiger partial charge in [0, 0.05) is 15.8 Å². The number of rotatable bonds is 4. The van der Waals surface area contributed by atoms with E-state index in [9.17, 15) is 9.59 Å². The van der Waals surface area contributed by atoms with Crippen LogP contribution in [0.3, 0.4) is 0 Å². The van der Waals surface area contributed by atoms with Crippen molar-refractivity contribution in [1.29, 1.82) is 0 Å². The smallest absolute Gasteiger partial charge is 0.270 e. The van der Waals surface area contributed by atoms with Gasteiger partial charge < -0.3 is 4.74 Å². The Labute approximate surface area is 145 Å². The zero-order chi connectivity index (χ0) is 16.9. The van der Waals surface area contributed by atoms with E-state index in [-0.39, 0.29) is 18.2 Å². The third-order valence-electron chi connectivity index (χ3n) is 4.16. The first-order valence-corrected chi connectivity index (χ1v) is 8.87. The highest BCUT2D eigenvalue weighted by Gasteiger charge is 2.20. The predicted octanol–water partition coefficient (Wildman–Crippen LogP) is 2.64. The molecule has 0 saturated carbocycles. The van der Waals surface area contributed by atoms with E-state index in [2.05, 4.69) is 10.9 Å². The minimum atomic E-state index is -0.281. The largest absolute Gasteiger partial charge is 0.496 e. The van der Waals surface area contributed by atoms with Crippen molar-refractivity contribution in [3.05, 3.63) is 51.2 Å². The van der Waals surface area contributed by atoms with Gasteiger partial charge in [-0.3, -0.25) is 20.4 Å². The van der Waals surface area contributed by atoms with Crippen molar-refractivity contribution < 1.29 is 14.3 Å². The summed E-state index contributed by atoms with van der Waals surface area (Å²) in [5.41, 5.74) is 7.61. The first kappa shape index (κ1) is 16.5. The average Bonchev–Trinajstić information content (AvgIpc) is 3.04. The Hall–Kier alpha value is -2.34. The number of methoxy groups -OCH3 is 1. The molecule has 5 nitrogen and oxygen atoms in total. The number of nitrogens with one attached hydrogen (secondary N) is 2. The third kappa shape index (κ3) is 3.59. The van der Waals surface area contributed by atoms with E-state index in [4.69, 9.17) is 4.74 Å². The number of carbonyl (C=O) groups is 2. The molecule has 1 aromatic carbocycles. The van der Waals surface area contributed by atoms with E-state index in [1.807, 2.05) is 23.6 Å². The van der Waals surface area contributed by atoms with Gasteiger partial charge in [0.25, 0.3) is 5.91 Å². The van der Waals surface area contributed by atoms with Crippen LogP contribution >= 0.6 is 11.3 Å². The molecular formula is C18H20N2O3S. The van der Waals surface area contributed by atoms with Crippen molar-refractivity contribution in [3.8, 4) is 5.75 Å². The fourth-order valence-corrected chi connectivity index (χ4v) is 4.07. The van der Waals surface area contributed by atoms with Crippen LogP contribution in [0.2, 0.25) is 0 Å². The Bertz CT molecular complexity index is 754. The Morgan fingerprint density at radius 2 is 1.96 bits per heavy atom. The SMILES string of the molecule is COc1ccccc1CC(=O)NNC(=O)c1csc2c1CCCC2. The van der Waals surface area contributed by atoms with E-state index >= 15 is 0 Å². The third-order valence-corrected chi connectivity index (χ3v) is 5.25. The summed E-state index contributed by atoms with van der Waals surface area (Å²) < 4.78 is 5.23. The number of hydrazine groups is 1. The number of hydrogen-bond donors (Lipinski definition) is 2. The highest BCUT2D eigenvalue weighted by molar-refractivity contribution is 7.10. The van der Waals surface area contributed by atoms with Gasteiger partial charge in [0.15, 0.2) is 0 Å². The summed E-state index contributed by atoms with van der Waals surface area (Å²) in [4.78, 5) is 25.7. The number of carbonyl (C=O) groups excluding carboxylic acids is 2. The Morgan fingerprint density at radius 3 is 2.79 bits per heavy atom. The zero-order valence-electron chi connectivity index (χ0n) is 13.6. The average molecular weight is 344 g/mol. The zero-order valence-corrected chi connectivity index (χ0v) is 14.4. The molecule has 126 valence electrons. The molecule has 6 heteroatoms. The number of ether oxygens (including phenoxy) is 1. The molecule has 2 amide bonds. The van der Waals surface area contributed by atoms with Gasteiger partial charge in [-0.05, 0) is 37.3 Å². The van der Waals surface area contributed by atoms with Gasteiger partial charge in [-0.2, -0.15) is 0 Å². The van der Waals surface area contributed by atoms with Gasteiger partial charge in [0.1, 0.15) is 5.75 Å². The number of fused-ring (bicyclic) bond motifs is 1. The van der Waals surface area contributed by atoms with Crippen LogP contribution in [0.5, 0.6) is 5.75 Å². The summed E-state index contributed by atoms with van der Waals surface area (Å²) in [5.74, 6) is 0.130. The normalized spacial score (nSPS) is 13.0. The number of para-hydroxylation sites is 1. The number of hydrogen-bond acceptors (Lipinski definition) is 4. The quantitative estimate of drug-likeness (QED) is 0.838. The van der Waals surface area contributed by atoms with Gasteiger partial charge in [-0.15, -0.1) is 11.3 Å². The first-order chi connectivity index (χ1) is 11.7. The molecule has 0 saturated heterocycles. The van der Waals surface area contributed by atoms with Crippen LogP contribution in [-0.4, -0.2) is 18.9 Å². The van der Waals surface area contributed by atoms with Crippen molar-refractivity contribution in [2.75, 3.05) is 7.11 Å². The molecule has 0 spiro atoms.